The minimum absolute atomic E-state index is 0.201. The Morgan fingerprint density at radius 1 is 0.590 bits per heavy atom. The van der Waals surface area contributed by atoms with E-state index in [4.69, 9.17) is 98.3 Å². The van der Waals surface area contributed by atoms with Gasteiger partial charge in [-0.05, 0) is 19.9 Å². The van der Waals surface area contributed by atoms with Gasteiger partial charge in [-0.1, -0.05) is 13.8 Å². The first kappa shape index (κ1) is 86.6. The highest BCUT2D eigenvalue weighted by Gasteiger charge is 2.49. The second-order valence-corrected chi connectivity index (χ2v) is 30.4. The van der Waals surface area contributed by atoms with Crippen LogP contribution in [0.3, 0.4) is 0 Å². The lowest BCUT2D eigenvalue weighted by molar-refractivity contribution is -0.283. The molecule has 0 spiro atoms. The topological polar surface area (TPSA) is 639 Å². The summed E-state index contributed by atoms with van der Waals surface area (Å²) >= 11 is 0. The first-order valence-corrected chi connectivity index (χ1v) is 38.0. The van der Waals surface area contributed by atoms with E-state index in [1.165, 1.54) is 50.9 Å². The number of aliphatic hydroxyl groups excluding tert-OH is 9. The number of aliphatic hydroxyl groups is 9. The first-order chi connectivity index (χ1) is 46.9. The summed E-state index contributed by atoms with van der Waals surface area (Å²) in [7, 11) is -25.9. The molecule has 17 N–H and O–H groups in total. The van der Waals surface area contributed by atoms with Crippen LogP contribution < -0.4 is 11.1 Å². The second kappa shape index (κ2) is 39.5. The van der Waals surface area contributed by atoms with Gasteiger partial charge in [0.1, 0.15) is 72.7 Å². The minimum Gasteiger partial charge on any atom is -0.397 e. The molecule has 100 heavy (non-hydrogen) atoms. The van der Waals surface area contributed by atoms with E-state index < -0.39 is 280 Å². The number of carbonyl (C=O) groups excluding carboxylic acids is 1. The van der Waals surface area contributed by atoms with Gasteiger partial charge in [0.05, 0.1) is 128 Å². The summed E-state index contributed by atoms with van der Waals surface area (Å²) in [5, 5.41) is 93.0. The Balaban J connectivity index is 1.18. The van der Waals surface area contributed by atoms with Crippen molar-refractivity contribution in [2.45, 2.75) is 145 Å². The van der Waals surface area contributed by atoms with Gasteiger partial charge in [0, 0.05) is 31.4 Å². The molecule has 0 bridgehead atoms. The van der Waals surface area contributed by atoms with Crippen LogP contribution in [0.2, 0.25) is 0 Å². The molecule has 0 aromatic carbocycles. The molecular weight excluding hydrogens is 1470 g/mol. The normalized spacial score (nSPS) is 32.7. The molecule has 4 fully saturated rings. The van der Waals surface area contributed by atoms with Crippen LogP contribution in [-0.4, -0.2) is 302 Å². The monoisotopic (exact) mass is 1560 g/mol. The molecule has 2 aromatic rings. The SMILES string of the molecule is CC(=O)NC1[C@H](OCCOP(=O)(O)OCOCC(COCOP(=O)(O)OCCO[C@@H]2OC(CO)[C@H](O)[C@H](O)C2C)(COCOP(=O)(O)OCCO[C@@H]2OC(CO)[C@H](O)[C@H](O)C2C)COP(=O)(O)OC[C@H]2O[C@@H](n3cnc4c(N)ccnc43)CC2OP(=O)(O)OC(C)C)OC(CO)[C@H](O)[C@@H]1O. The number of pyridine rings is 1. The molecule has 0 radical (unpaired) electrons. The number of nitrogens with one attached hydrogen (secondary N) is 1. The number of hydrogen-bond donors (Lipinski definition) is 16. The van der Waals surface area contributed by atoms with Crippen molar-refractivity contribution >= 4 is 61.9 Å². The number of rotatable bonds is 45. The number of imidazole rings is 1. The largest absolute Gasteiger partial charge is 0.474 e. The lowest BCUT2D eigenvalue weighted by atomic mass is 9.92. The molecule has 580 valence electrons. The fraction of sp³-hybridized carbons (Fsp3) is 0.860. The van der Waals surface area contributed by atoms with Crippen molar-refractivity contribution in [1.82, 2.24) is 19.9 Å². The number of carbonyl (C=O) groups is 1. The lowest BCUT2D eigenvalue weighted by Crippen LogP contribution is -2.64. The Hall–Kier alpha value is -2.32. The summed E-state index contributed by atoms with van der Waals surface area (Å²) in [6.07, 6.45) is -19.5. The van der Waals surface area contributed by atoms with Crippen molar-refractivity contribution in [3.63, 3.8) is 0 Å². The molecule has 12 unspecified atom stereocenters. The van der Waals surface area contributed by atoms with E-state index in [2.05, 4.69) is 15.3 Å². The van der Waals surface area contributed by atoms with Crippen molar-refractivity contribution in [2.24, 2.45) is 17.3 Å². The molecule has 4 aliphatic rings. The fourth-order valence-corrected chi connectivity index (χ4v) is 13.8. The predicted octanol–water partition coefficient (Wildman–Crippen LogP) is -3.20. The molecule has 2 aromatic heterocycles. The van der Waals surface area contributed by atoms with E-state index in [0.717, 1.165) is 6.92 Å². The Bertz CT molecular complexity index is 3000. The maximum atomic E-state index is 14.0. The predicted molar refractivity (Wildman–Crippen MR) is 326 cm³/mol. The maximum Gasteiger partial charge on any atom is 0.474 e. The van der Waals surface area contributed by atoms with Gasteiger partial charge in [-0.25, -0.2) is 32.8 Å². The van der Waals surface area contributed by atoms with Gasteiger partial charge in [0.15, 0.2) is 44.9 Å². The summed E-state index contributed by atoms with van der Waals surface area (Å²) in [6.45, 7) is -7.82. The Morgan fingerprint density at radius 3 is 1.48 bits per heavy atom. The highest BCUT2D eigenvalue weighted by Crippen LogP contribution is 2.52. The molecule has 4 saturated heterocycles. The first-order valence-electron chi connectivity index (χ1n) is 30.6. The molecule has 4 aliphatic heterocycles. The number of aromatic nitrogens is 3. The zero-order valence-corrected chi connectivity index (χ0v) is 58.9. The molecule has 0 saturated carbocycles. The number of hydrogen-bond acceptors (Lipinski definition) is 38. The summed E-state index contributed by atoms with van der Waals surface area (Å²) in [6, 6.07) is 0.0744. The van der Waals surface area contributed by atoms with Gasteiger partial charge < -0.3 is 129 Å². The van der Waals surface area contributed by atoms with Crippen molar-refractivity contribution < 1.29 is 191 Å². The number of amides is 1. The molecule has 6 heterocycles. The summed E-state index contributed by atoms with van der Waals surface area (Å²) in [5.41, 5.74) is 4.57. The fourth-order valence-electron chi connectivity index (χ4n) is 10.0. The standard InChI is InChI=1S/C50H90N5O40P5/c1-27(2)94-100(74,75)95-32-14-37(55-23-53-38-31(51)6-7-52-46(38)55)90-36(32)18-85-99(72,73)86-22-50(19-76-24-87-96(66,67)82-11-8-79-47-28(3)40(60)42(62)33(15-56)91-47,20-77-25-88-97(68,69)83-12-9-80-48-29(4)41(61)43(63)34(16-57)92-48)21-78-26-89-98(70,71)84-13-10-81-49-39(54-30(5)59)45(65)44(64)35(17-58)93-49/h6-7,23,27-29,32-37,39-45,47-49,56-58,60-65H,8-22,24-26H2,1-5H3,(H2,51,52)(H,54,59)(H,66,67)(H,68,69)(H,70,71)(H,72,73)(H,74,75)/t28?,29?,32?,33?,34?,35?,36-,37-,39?,40-,41-,42+,43+,44+,45-,47-,48-,49-,50?/m1/s1. The van der Waals surface area contributed by atoms with Crippen LogP contribution in [0, 0.1) is 17.3 Å². The van der Waals surface area contributed by atoms with Gasteiger partial charge in [0.2, 0.25) is 5.91 Å². The molecule has 1 amide bonds. The third-order valence-electron chi connectivity index (χ3n) is 15.1. The Labute approximate surface area is 570 Å². The molecule has 23 atom stereocenters. The van der Waals surface area contributed by atoms with Crippen molar-refractivity contribution in [3.05, 3.63) is 18.6 Å². The summed E-state index contributed by atoms with van der Waals surface area (Å²) in [5.74, 6) is -2.39. The van der Waals surface area contributed by atoms with Crippen molar-refractivity contribution in [2.75, 3.05) is 119 Å². The number of ether oxygens (including phenoxy) is 10. The third-order valence-corrected chi connectivity index (χ3v) is 20.1. The smallest absolute Gasteiger partial charge is 0.397 e. The molecule has 0 aliphatic carbocycles. The van der Waals surface area contributed by atoms with E-state index >= 15 is 0 Å². The third kappa shape index (κ3) is 26.3. The number of anilines is 1. The van der Waals surface area contributed by atoms with Gasteiger partial charge >= 0.3 is 39.1 Å². The van der Waals surface area contributed by atoms with E-state index in [0.29, 0.717) is 0 Å². The van der Waals surface area contributed by atoms with E-state index in [9.17, 15) is 98.0 Å². The number of nitrogens with two attached hydrogens (primary N) is 1. The molecule has 50 heteroatoms. The Morgan fingerprint density at radius 2 is 1.03 bits per heavy atom. The lowest BCUT2D eigenvalue weighted by Gasteiger charge is -2.42. The molecule has 6 rings (SSSR count). The van der Waals surface area contributed by atoms with Gasteiger partial charge in [-0.15, -0.1) is 0 Å². The highest BCUT2D eigenvalue weighted by molar-refractivity contribution is 7.48. The average Bonchev–Trinajstić information content (AvgIpc) is 1.60. The van der Waals surface area contributed by atoms with Crippen molar-refractivity contribution in [1.29, 1.82) is 0 Å². The number of nitrogen functional groups attached to an aromatic ring is 1. The zero-order chi connectivity index (χ0) is 74.0. The van der Waals surface area contributed by atoms with Crippen LogP contribution in [0.15, 0.2) is 18.6 Å². The number of fused-ring (bicyclic) bond motifs is 1. The van der Waals surface area contributed by atoms with Gasteiger partial charge in [-0.2, -0.15) is 0 Å². The maximum absolute atomic E-state index is 14.0. The number of phosphoric acid groups is 5. The van der Waals surface area contributed by atoms with E-state index in [-0.39, 0.29) is 23.3 Å². The van der Waals surface area contributed by atoms with Crippen LogP contribution in [0.1, 0.15) is 47.3 Å². The Kier molecular flexibility index (Phi) is 34.2. The minimum atomic E-state index is -5.52. The van der Waals surface area contributed by atoms with Gasteiger partial charge in [-0.3, -0.25) is 54.6 Å². The van der Waals surface area contributed by atoms with Crippen molar-refractivity contribution in [3.8, 4) is 0 Å². The van der Waals surface area contributed by atoms with E-state index in [1.54, 1.807) is 0 Å². The molecule has 45 nitrogen and oxygen atoms in total. The summed E-state index contributed by atoms with van der Waals surface area (Å²) in [4.78, 5) is 74.2. The van der Waals surface area contributed by atoms with Gasteiger partial charge in [0.25, 0.3) is 0 Å². The van der Waals surface area contributed by atoms with E-state index in [1.807, 2.05) is 0 Å². The number of nitrogens with zero attached hydrogens (tertiary/aromatic N) is 3. The summed E-state index contributed by atoms with van der Waals surface area (Å²) < 4.78 is 174. The molecular formula is C50H90N5O40P5. The van der Waals surface area contributed by atoms with Crippen LogP contribution in [-0.2, 0) is 120 Å². The quantitative estimate of drug-likeness (QED) is 0.0176. The zero-order valence-electron chi connectivity index (χ0n) is 54.5. The van der Waals surface area contributed by atoms with Crippen LogP contribution in [0.4, 0.5) is 5.69 Å². The second-order valence-electron chi connectivity index (χ2n) is 23.3. The number of phosphoric ester groups is 5. The highest BCUT2D eigenvalue weighted by atomic mass is 31.2. The average molecular weight is 1560 g/mol. The van der Waals surface area contributed by atoms with Crippen LogP contribution >= 0.6 is 39.1 Å². The van der Waals surface area contributed by atoms with Crippen LogP contribution in [0.25, 0.3) is 11.2 Å². The van der Waals surface area contributed by atoms with Crippen LogP contribution in [0.5, 0.6) is 0 Å².